The maximum Gasteiger partial charge on any atom is 0.213 e. The van der Waals surface area contributed by atoms with Gasteiger partial charge in [-0.1, -0.05) is 0 Å². The van der Waals surface area contributed by atoms with Crippen LogP contribution in [0.4, 0.5) is 0 Å². The molecule has 92 valence electrons. The zero-order valence-electron chi connectivity index (χ0n) is 9.73. The van der Waals surface area contributed by atoms with Gasteiger partial charge in [0.25, 0.3) is 0 Å². The Labute approximate surface area is 96.3 Å². The first-order valence-corrected chi connectivity index (χ1v) is 6.32. The lowest BCUT2D eigenvalue weighted by atomic mass is 9.85. The molecule has 5 heteroatoms. The van der Waals surface area contributed by atoms with E-state index in [0.29, 0.717) is 5.92 Å². The monoisotopic (exact) mass is 227 g/mol. The van der Waals surface area contributed by atoms with Crippen LogP contribution in [0.5, 0.6) is 0 Å². The molecule has 2 aliphatic rings. The van der Waals surface area contributed by atoms with Crippen LogP contribution in [0.25, 0.3) is 0 Å². The number of piperazine rings is 1. The summed E-state index contributed by atoms with van der Waals surface area (Å²) in [6, 6.07) is -0.276. The molecule has 1 aliphatic heterocycles. The molecule has 1 N–H and O–H groups in total. The Hall–Kier alpha value is -0.680. The third-order valence-electron chi connectivity index (χ3n) is 3.78. The van der Waals surface area contributed by atoms with E-state index in [1.54, 1.807) is 0 Å². The van der Waals surface area contributed by atoms with Gasteiger partial charge in [-0.25, -0.2) is 0 Å². The van der Waals surface area contributed by atoms with Crippen molar-refractivity contribution in [3.63, 3.8) is 0 Å². The number of nitrogens with zero attached hydrogens (tertiary/aromatic N) is 2. The number of hydrogen-bond donors (Lipinski definition) is 1. The molecule has 0 bridgehead atoms. The molecule has 0 radical (unpaired) electrons. The quantitative estimate of drug-likeness (QED) is 0.570. The van der Waals surface area contributed by atoms with Gasteiger partial charge in [-0.2, -0.15) is 0 Å². The van der Waals surface area contributed by atoms with Crippen LogP contribution in [-0.4, -0.2) is 48.6 Å². The third kappa shape index (κ3) is 3.15. The highest BCUT2D eigenvalue weighted by Crippen LogP contribution is 2.26. The lowest BCUT2D eigenvalue weighted by molar-refractivity contribution is -0.528. The smallest absolute Gasteiger partial charge is 0.213 e. The van der Waals surface area contributed by atoms with Crippen LogP contribution in [0.1, 0.15) is 25.7 Å². The molecular weight excluding hydrogens is 206 g/mol. The summed E-state index contributed by atoms with van der Waals surface area (Å²) in [5, 5.41) is 14.1. The third-order valence-corrected chi connectivity index (χ3v) is 3.78. The van der Waals surface area contributed by atoms with Crippen LogP contribution < -0.4 is 5.32 Å². The molecule has 0 aromatic heterocycles. The first-order valence-electron chi connectivity index (χ1n) is 6.32. The predicted molar refractivity (Wildman–Crippen MR) is 62.1 cm³/mol. The Bertz CT molecular complexity index is 241. The van der Waals surface area contributed by atoms with Gasteiger partial charge in [-0.05, 0) is 18.8 Å². The maximum absolute atomic E-state index is 10.8. The fourth-order valence-electron chi connectivity index (χ4n) is 2.88. The molecule has 1 saturated heterocycles. The molecule has 2 unspecified atom stereocenters. The fraction of sp³-hybridized carbons (Fsp3) is 1.00. The van der Waals surface area contributed by atoms with Crippen LogP contribution in [-0.2, 0) is 0 Å². The van der Waals surface area contributed by atoms with Crippen molar-refractivity contribution >= 4 is 0 Å². The maximum atomic E-state index is 10.8. The van der Waals surface area contributed by atoms with Crippen LogP contribution >= 0.6 is 0 Å². The molecular formula is C11H21N3O2. The Morgan fingerprint density at radius 1 is 1.31 bits per heavy atom. The van der Waals surface area contributed by atoms with E-state index in [-0.39, 0.29) is 11.0 Å². The van der Waals surface area contributed by atoms with Crippen LogP contribution in [0.3, 0.4) is 0 Å². The Morgan fingerprint density at radius 2 is 2.06 bits per heavy atom. The van der Waals surface area contributed by atoms with E-state index in [1.807, 2.05) is 0 Å². The first-order chi connectivity index (χ1) is 7.75. The molecule has 1 saturated carbocycles. The van der Waals surface area contributed by atoms with Crippen molar-refractivity contribution in [2.75, 3.05) is 32.7 Å². The lowest BCUT2D eigenvalue weighted by Gasteiger charge is -2.33. The number of rotatable bonds is 3. The van der Waals surface area contributed by atoms with E-state index in [9.17, 15) is 10.1 Å². The van der Waals surface area contributed by atoms with Crippen molar-refractivity contribution in [3.8, 4) is 0 Å². The van der Waals surface area contributed by atoms with Gasteiger partial charge < -0.3 is 10.2 Å². The van der Waals surface area contributed by atoms with Gasteiger partial charge in [0.15, 0.2) is 0 Å². The molecule has 1 heterocycles. The van der Waals surface area contributed by atoms with E-state index < -0.39 is 0 Å². The van der Waals surface area contributed by atoms with Crippen molar-refractivity contribution in [1.29, 1.82) is 0 Å². The minimum atomic E-state index is -0.276. The standard InChI is InChI=1S/C11H21N3O2/c15-14(16)11-3-1-2-10(8-11)9-13-6-4-12-5-7-13/h10-12H,1-9H2. The Morgan fingerprint density at radius 3 is 2.75 bits per heavy atom. The molecule has 0 aromatic carbocycles. The fourth-order valence-corrected chi connectivity index (χ4v) is 2.88. The van der Waals surface area contributed by atoms with Gasteiger partial charge >= 0.3 is 0 Å². The topological polar surface area (TPSA) is 58.4 Å². The number of nitro groups is 1. The van der Waals surface area contributed by atoms with Gasteiger partial charge in [-0.3, -0.25) is 10.1 Å². The SMILES string of the molecule is O=[N+]([O-])C1CCCC(CN2CCNCC2)C1. The first kappa shape index (κ1) is 11.8. The zero-order valence-corrected chi connectivity index (χ0v) is 9.73. The van der Waals surface area contributed by atoms with Crippen molar-refractivity contribution in [1.82, 2.24) is 10.2 Å². The average molecular weight is 227 g/mol. The molecule has 5 nitrogen and oxygen atoms in total. The number of hydrogen-bond acceptors (Lipinski definition) is 4. The Balaban J connectivity index is 1.78. The van der Waals surface area contributed by atoms with Crippen LogP contribution in [0, 0.1) is 16.0 Å². The highest BCUT2D eigenvalue weighted by atomic mass is 16.6. The largest absolute Gasteiger partial charge is 0.314 e. The van der Waals surface area contributed by atoms with E-state index in [2.05, 4.69) is 10.2 Å². The van der Waals surface area contributed by atoms with E-state index in [4.69, 9.17) is 0 Å². The van der Waals surface area contributed by atoms with Crippen molar-refractivity contribution < 1.29 is 4.92 Å². The normalized spacial score (nSPS) is 32.5. The summed E-state index contributed by atoms with van der Waals surface area (Å²) in [6.45, 7) is 5.38. The molecule has 0 spiro atoms. The van der Waals surface area contributed by atoms with Gasteiger partial charge in [0.2, 0.25) is 6.04 Å². The van der Waals surface area contributed by atoms with Crippen LogP contribution in [0.15, 0.2) is 0 Å². The molecule has 16 heavy (non-hydrogen) atoms. The second-order valence-electron chi connectivity index (χ2n) is 5.02. The second kappa shape index (κ2) is 5.59. The van der Waals surface area contributed by atoms with Gasteiger partial charge in [0.1, 0.15) is 0 Å². The average Bonchev–Trinajstić information content (AvgIpc) is 2.30. The molecule has 1 aliphatic carbocycles. The minimum Gasteiger partial charge on any atom is -0.314 e. The predicted octanol–water partition coefficient (Wildman–Crippen LogP) is 0.727. The van der Waals surface area contributed by atoms with Gasteiger partial charge in [-0.15, -0.1) is 0 Å². The summed E-state index contributed by atoms with van der Waals surface area (Å²) < 4.78 is 0. The molecule has 0 amide bonds. The van der Waals surface area contributed by atoms with E-state index in [0.717, 1.165) is 52.0 Å². The summed E-state index contributed by atoms with van der Waals surface area (Å²) in [6.07, 6.45) is 3.78. The van der Waals surface area contributed by atoms with Crippen molar-refractivity contribution in [3.05, 3.63) is 10.1 Å². The van der Waals surface area contributed by atoms with Crippen molar-refractivity contribution in [2.24, 2.45) is 5.92 Å². The highest BCUT2D eigenvalue weighted by molar-refractivity contribution is 4.77. The van der Waals surface area contributed by atoms with E-state index >= 15 is 0 Å². The number of nitrogens with one attached hydrogen (secondary N) is 1. The molecule has 0 aromatic rings. The molecule has 2 rings (SSSR count). The van der Waals surface area contributed by atoms with E-state index in [1.165, 1.54) is 6.42 Å². The van der Waals surface area contributed by atoms with Crippen LogP contribution in [0.2, 0.25) is 0 Å². The van der Waals surface area contributed by atoms with Gasteiger partial charge in [0, 0.05) is 50.5 Å². The summed E-state index contributed by atoms with van der Waals surface area (Å²) in [4.78, 5) is 13.1. The zero-order chi connectivity index (χ0) is 11.4. The Kier molecular flexibility index (Phi) is 4.12. The molecule has 2 atom stereocenters. The summed E-state index contributed by atoms with van der Waals surface area (Å²) in [5.74, 6) is 0.544. The summed E-state index contributed by atoms with van der Waals surface area (Å²) in [5.41, 5.74) is 0. The molecule has 2 fully saturated rings. The van der Waals surface area contributed by atoms with Gasteiger partial charge in [0.05, 0.1) is 0 Å². The minimum absolute atomic E-state index is 0.0794. The summed E-state index contributed by atoms with van der Waals surface area (Å²) >= 11 is 0. The lowest BCUT2D eigenvalue weighted by Crippen LogP contribution is -2.46. The highest BCUT2D eigenvalue weighted by Gasteiger charge is 2.30. The second-order valence-corrected chi connectivity index (χ2v) is 5.02. The summed E-state index contributed by atoms with van der Waals surface area (Å²) in [7, 11) is 0. The van der Waals surface area contributed by atoms with Crippen molar-refractivity contribution in [2.45, 2.75) is 31.7 Å².